The lowest BCUT2D eigenvalue weighted by molar-refractivity contribution is -0.115. The Labute approximate surface area is 150 Å². The lowest BCUT2D eigenvalue weighted by Crippen LogP contribution is -2.18. The van der Waals surface area contributed by atoms with Crippen molar-refractivity contribution in [2.45, 2.75) is 32.1 Å². The maximum Gasteiger partial charge on any atom is 0.252 e. The summed E-state index contributed by atoms with van der Waals surface area (Å²) in [7, 11) is 0. The highest BCUT2D eigenvalue weighted by Crippen LogP contribution is 2.40. The lowest BCUT2D eigenvalue weighted by atomic mass is 10.1. The predicted octanol–water partition coefficient (Wildman–Crippen LogP) is 2.85. The number of benzene rings is 1. The maximum absolute atomic E-state index is 12.2. The van der Waals surface area contributed by atoms with E-state index in [1.165, 1.54) is 10.7 Å². The van der Waals surface area contributed by atoms with Crippen LogP contribution in [0.3, 0.4) is 0 Å². The van der Waals surface area contributed by atoms with Crippen LogP contribution in [0, 0.1) is 0 Å². The van der Waals surface area contributed by atoms with Gasteiger partial charge in [-0.2, -0.15) is 9.78 Å². The first-order chi connectivity index (χ1) is 12.6. The van der Waals surface area contributed by atoms with Crippen molar-refractivity contribution in [2.24, 2.45) is 0 Å². The fraction of sp³-hybridized carbons (Fsp3) is 0.263. The third-order valence-corrected chi connectivity index (χ3v) is 4.31. The van der Waals surface area contributed by atoms with Crippen molar-refractivity contribution in [2.75, 3.05) is 5.32 Å². The minimum absolute atomic E-state index is 0.116. The van der Waals surface area contributed by atoms with Gasteiger partial charge in [0.15, 0.2) is 0 Å². The number of amides is 1. The van der Waals surface area contributed by atoms with Gasteiger partial charge in [0.05, 0.1) is 11.4 Å². The van der Waals surface area contributed by atoms with E-state index < -0.39 is 0 Å². The summed E-state index contributed by atoms with van der Waals surface area (Å²) in [5.41, 5.74) is 2.03. The molecule has 1 aliphatic rings. The molecule has 0 atom stereocenters. The van der Waals surface area contributed by atoms with E-state index in [0.717, 1.165) is 24.1 Å². The molecule has 1 aliphatic carbocycles. The van der Waals surface area contributed by atoms with Gasteiger partial charge in [-0.15, -0.1) is 0 Å². The maximum atomic E-state index is 12.2. The fourth-order valence-corrected chi connectivity index (χ4v) is 2.76. The molecule has 0 radical (unpaired) electrons. The number of carbonyl (C=O) groups excluding carboxylic acids is 1. The Morgan fingerprint density at radius 1 is 1.27 bits per heavy atom. The number of nitrogens with one attached hydrogen (secondary N) is 2. The first-order valence-electron chi connectivity index (χ1n) is 8.71. The molecule has 0 unspecified atom stereocenters. The van der Waals surface area contributed by atoms with Crippen molar-refractivity contribution in [1.82, 2.24) is 19.7 Å². The van der Waals surface area contributed by atoms with Crippen LogP contribution in [0.5, 0.6) is 0 Å². The quantitative estimate of drug-likeness (QED) is 0.741. The van der Waals surface area contributed by atoms with Crippen molar-refractivity contribution in [3.63, 3.8) is 0 Å². The van der Waals surface area contributed by atoms with Gasteiger partial charge in [-0.3, -0.25) is 14.6 Å². The summed E-state index contributed by atoms with van der Waals surface area (Å²) in [6, 6.07) is 12.8. The first-order valence-corrected chi connectivity index (χ1v) is 8.71. The SMILES string of the molecule is CCC(=O)Nc1cc(C2CC2)nn1-c1nc(-c2ccccc2)cc(=O)[nH]1. The van der Waals surface area contributed by atoms with E-state index in [1.807, 2.05) is 36.4 Å². The molecule has 0 bridgehead atoms. The van der Waals surface area contributed by atoms with Gasteiger partial charge < -0.3 is 5.32 Å². The van der Waals surface area contributed by atoms with E-state index >= 15 is 0 Å². The molecule has 0 saturated heterocycles. The second-order valence-electron chi connectivity index (χ2n) is 6.36. The van der Waals surface area contributed by atoms with Crippen molar-refractivity contribution < 1.29 is 4.79 Å². The Balaban J connectivity index is 1.80. The molecule has 1 fully saturated rings. The summed E-state index contributed by atoms with van der Waals surface area (Å²) in [6.45, 7) is 1.79. The third kappa shape index (κ3) is 3.28. The largest absolute Gasteiger partial charge is 0.310 e. The molecule has 26 heavy (non-hydrogen) atoms. The van der Waals surface area contributed by atoms with Crippen LogP contribution in [0.4, 0.5) is 5.82 Å². The number of hydrogen-bond donors (Lipinski definition) is 2. The average molecular weight is 349 g/mol. The van der Waals surface area contributed by atoms with Crippen LogP contribution in [0.15, 0.2) is 47.3 Å². The summed E-state index contributed by atoms with van der Waals surface area (Å²) in [6.07, 6.45) is 2.54. The molecule has 4 rings (SSSR count). The summed E-state index contributed by atoms with van der Waals surface area (Å²) in [5.74, 6) is 1.11. The third-order valence-electron chi connectivity index (χ3n) is 4.31. The topological polar surface area (TPSA) is 92.7 Å². The number of H-pyrrole nitrogens is 1. The van der Waals surface area contributed by atoms with Crippen molar-refractivity contribution in [3.05, 3.63) is 58.5 Å². The average Bonchev–Trinajstić information content (AvgIpc) is 3.43. The van der Waals surface area contributed by atoms with E-state index in [0.29, 0.717) is 23.9 Å². The van der Waals surface area contributed by atoms with Crippen LogP contribution in [-0.2, 0) is 4.79 Å². The van der Waals surface area contributed by atoms with Gasteiger partial charge >= 0.3 is 0 Å². The molecule has 3 aromatic rings. The Hall–Kier alpha value is -3.22. The second-order valence-corrected chi connectivity index (χ2v) is 6.36. The molecule has 2 heterocycles. The Morgan fingerprint density at radius 3 is 2.73 bits per heavy atom. The number of hydrogen-bond acceptors (Lipinski definition) is 4. The van der Waals surface area contributed by atoms with Gasteiger partial charge in [-0.1, -0.05) is 37.3 Å². The molecule has 132 valence electrons. The molecular weight excluding hydrogens is 330 g/mol. The van der Waals surface area contributed by atoms with Gasteiger partial charge in [0, 0.05) is 30.0 Å². The highest BCUT2D eigenvalue weighted by atomic mass is 16.1. The molecule has 7 nitrogen and oxygen atoms in total. The predicted molar refractivity (Wildman–Crippen MR) is 98.3 cm³/mol. The zero-order chi connectivity index (χ0) is 18.1. The fourth-order valence-electron chi connectivity index (χ4n) is 2.76. The standard InChI is InChI=1S/C19H19N5O2/c1-2-17(25)21-16-10-15(13-8-9-13)23-24(16)19-20-14(11-18(26)22-19)12-6-4-3-5-7-12/h3-7,10-11,13H,2,8-9H2,1H3,(H,21,25)(H,20,22,26). The van der Waals surface area contributed by atoms with E-state index in [4.69, 9.17) is 0 Å². The van der Waals surface area contributed by atoms with Gasteiger partial charge in [0.25, 0.3) is 5.56 Å². The number of carbonyl (C=O) groups is 1. The second kappa shape index (κ2) is 6.59. The summed E-state index contributed by atoms with van der Waals surface area (Å²) < 4.78 is 1.51. The molecule has 1 amide bonds. The van der Waals surface area contributed by atoms with Gasteiger partial charge in [-0.05, 0) is 12.8 Å². The number of nitrogens with zero attached hydrogens (tertiary/aromatic N) is 3. The van der Waals surface area contributed by atoms with Gasteiger partial charge in [-0.25, -0.2) is 4.98 Å². The molecule has 7 heteroatoms. The van der Waals surface area contributed by atoms with Gasteiger partial charge in [0.2, 0.25) is 11.9 Å². The minimum Gasteiger partial charge on any atom is -0.310 e. The summed E-state index contributed by atoms with van der Waals surface area (Å²) >= 11 is 0. The number of rotatable bonds is 5. The highest BCUT2D eigenvalue weighted by molar-refractivity contribution is 5.89. The minimum atomic E-state index is -0.273. The smallest absolute Gasteiger partial charge is 0.252 e. The molecular formula is C19H19N5O2. The molecule has 1 saturated carbocycles. The van der Waals surface area contributed by atoms with E-state index in [1.54, 1.807) is 6.92 Å². The zero-order valence-electron chi connectivity index (χ0n) is 14.4. The molecule has 2 aromatic heterocycles. The van der Waals surface area contributed by atoms with Crippen LogP contribution in [0.25, 0.3) is 17.2 Å². The zero-order valence-corrected chi connectivity index (χ0v) is 14.4. The lowest BCUT2D eigenvalue weighted by Gasteiger charge is -2.08. The summed E-state index contributed by atoms with van der Waals surface area (Å²) in [5, 5.41) is 7.41. The monoisotopic (exact) mass is 349 g/mol. The van der Waals surface area contributed by atoms with E-state index in [-0.39, 0.29) is 17.4 Å². The van der Waals surface area contributed by atoms with Crippen LogP contribution < -0.4 is 10.9 Å². The molecule has 0 aliphatic heterocycles. The Kier molecular flexibility index (Phi) is 4.12. The highest BCUT2D eigenvalue weighted by Gasteiger charge is 2.28. The van der Waals surface area contributed by atoms with Crippen LogP contribution >= 0.6 is 0 Å². The Morgan fingerprint density at radius 2 is 2.04 bits per heavy atom. The van der Waals surface area contributed by atoms with Crippen molar-refractivity contribution in [3.8, 4) is 17.2 Å². The van der Waals surface area contributed by atoms with Gasteiger partial charge in [0.1, 0.15) is 5.82 Å². The van der Waals surface area contributed by atoms with Crippen molar-refractivity contribution in [1.29, 1.82) is 0 Å². The first kappa shape index (κ1) is 16.3. The summed E-state index contributed by atoms with van der Waals surface area (Å²) in [4.78, 5) is 31.3. The van der Waals surface area contributed by atoms with E-state index in [9.17, 15) is 9.59 Å². The molecule has 0 spiro atoms. The molecule has 1 aromatic carbocycles. The number of aromatic amines is 1. The van der Waals surface area contributed by atoms with Crippen LogP contribution in [-0.4, -0.2) is 25.7 Å². The molecule has 2 N–H and O–H groups in total. The number of aromatic nitrogens is 4. The van der Waals surface area contributed by atoms with E-state index in [2.05, 4.69) is 20.4 Å². The van der Waals surface area contributed by atoms with Crippen LogP contribution in [0.2, 0.25) is 0 Å². The van der Waals surface area contributed by atoms with Crippen molar-refractivity contribution >= 4 is 11.7 Å². The normalized spacial score (nSPS) is 13.6. The Bertz CT molecular complexity index is 1000. The number of anilines is 1. The van der Waals surface area contributed by atoms with Crippen LogP contribution in [0.1, 0.15) is 37.8 Å².